The van der Waals surface area contributed by atoms with Gasteiger partial charge in [0.2, 0.25) is 0 Å². The first kappa shape index (κ1) is 17.8. The average molecular weight is 294 g/mol. The topological polar surface area (TPSA) is 44.7 Å². The van der Waals surface area contributed by atoms with Crippen molar-refractivity contribution in [3.05, 3.63) is 23.8 Å². The predicted molar refractivity (Wildman–Crippen MR) is 88.0 cm³/mol. The van der Waals surface area contributed by atoms with Crippen molar-refractivity contribution in [1.29, 1.82) is 0 Å². The number of phenolic OH excluding ortho intramolecular Hbond substituents is 1. The Morgan fingerprint density at radius 2 is 2.00 bits per heavy atom. The van der Waals surface area contributed by atoms with Crippen molar-refractivity contribution in [2.45, 2.75) is 46.2 Å². The lowest BCUT2D eigenvalue weighted by atomic mass is 10.1. The van der Waals surface area contributed by atoms with Crippen molar-refractivity contribution in [1.82, 2.24) is 10.2 Å². The van der Waals surface area contributed by atoms with Crippen LogP contribution in [0.2, 0.25) is 0 Å². The summed E-state index contributed by atoms with van der Waals surface area (Å²) in [5.41, 5.74) is 1.07. The van der Waals surface area contributed by atoms with E-state index in [1.807, 2.05) is 6.07 Å². The molecule has 0 aliphatic heterocycles. The van der Waals surface area contributed by atoms with Gasteiger partial charge >= 0.3 is 0 Å². The zero-order valence-corrected chi connectivity index (χ0v) is 13.9. The van der Waals surface area contributed by atoms with Crippen LogP contribution >= 0.6 is 0 Å². The third-order valence-electron chi connectivity index (χ3n) is 3.90. The minimum absolute atomic E-state index is 0.200. The largest absolute Gasteiger partial charge is 0.504 e. The summed E-state index contributed by atoms with van der Waals surface area (Å²) in [6, 6.07) is 6.02. The maximum Gasteiger partial charge on any atom is 0.160 e. The molecule has 21 heavy (non-hydrogen) atoms. The second-order valence-electron chi connectivity index (χ2n) is 5.46. The number of nitrogens with one attached hydrogen (secondary N) is 1. The average Bonchev–Trinajstić information content (AvgIpc) is 2.49. The SMILES string of the molecule is CCN(CC)CCCC(C)NCc1ccc(OC)c(O)c1. The van der Waals surface area contributed by atoms with E-state index >= 15 is 0 Å². The molecule has 0 aliphatic carbocycles. The molecular weight excluding hydrogens is 264 g/mol. The third-order valence-corrected chi connectivity index (χ3v) is 3.90. The Morgan fingerprint density at radius 1 is 1.29 bits per heavy atom. The zero-order chi connectivity index (χ0) is 15.7. The van der Waals surface area contributed by atoms with Crippen molar-refractivity contribution in [2.75, 3.05) is 26.7 Å². The first-order valence-electron chi connectivity index (χ1n) is 7.92. The Balaban J connectivity index is 2.29. The molecule has 0 saturated heterocycles. The second-order valence-corrected chi connectivity index (χ2v) is 5.46. The molecule has 0 spiro atoms. The summed E-state index contributed by atoms with van der Waals surface area (Å²) in [4.78, 5) is 2.45. The van der Waals surface area contributed by atoms with Crippen LogP contribution < -0.4 is 10.1 Å². The second kappa shape index (κ2) is 9.64. The molecule has 1 unspecified atom stereocenters. The van der Waals surface area contributed by atoms with E-state index in [0.717, 1.165) is 25.2 Å². The predicted octanol–water partition coefficient (Wildman–Crippen LogP) is 3.00. The molecule has 120 valence electrons. The summed E-state index contributed by atoms with van der Waals surface area (Å²) in [5, 5.41) is 13.3. The van der Waals surface area contributed by atoms with E-state index in [1.165, 1.54) is 19.4 Å². The van der Waals surface area contributed by atoms with Crippen LogP contribution in [0.5, 0.6) is 11.5 Å². The lowest BCUT2D eigenvalue weighted by molar-refractivity contribution is 0.290. The van der Waals surface area contributed by atoms with Gasteiger partial charge in [-0.2, -0.15) is 0 Å². The Hall–Kier alpha value is -1.26. The minimum Gasteiger partial charge on any atom is -0.504 e. The monoisotopic (exact) mass is 294 g/mol. The van der Waals surface area contributed by atoms with Crippen molar-refractivity contribution in [2.24, 2.45) is 0 Å². The van der Waals surface area contributed by atoms with Gasteiger partial charge in [-0.05, 0) is 57.1 Å². The van der Waals surface area contributed by atoms with Gasteiger partial charge in [0.05, 0.1) is 7.11 Å². The third kappa shape index (κ3) is 6.36. The zero-order valence-electron chi connectivity index (χ0n) is 13.9. The van der Waals surface area contributed by atoms with E-state index in [4.69, 9.17) is 4.74 Å². The van der Waals surface area contributed by atoms with Gasteiger partial charge in [-0.1, -0.05) is 19.9 Å². The molecule has 0 heterocycles. The molecule has 1 aromatic rings. The fourth-order valence-corrected chi connectivity index (χ4v) is 2.40. The van der Waals surface area contributed by atoms with Gasteiger partial charge in [0.25, 0.3) is 0 Å². The molecule has 4 nitrogen and oxygen atoms in total. The van der Waals surface area contributed by atoms with E-state index in [1.54, 1.807) is 19.2 Å². The van der Waals surface area contributed by atoms with Crippen LogP contribution in [0.1, 0.15) is 39.2 Å². The van der Waals surface area contributed by atoms with Crippen molar-refractivity contribution in [3.63, 3.8) is 0 Å². The highest BCUT2D eigenvalue weighted by atomic mass is 16.5. The van der Waals surface area contributed by atoms with Crippen molar-refractivity contribution < 1.29 is 9.84 Å². The van der Waals surface area contributed by atoms with Crippen LogP contribution in [0, 0.1) is 0 Å². The van der Waals surface area contributed by atoms with E-state index < -0.39 is 0 Å². The Bertz CT molecular complexity index is 406. The van der Waals surface area contributed by atoms with Gasteiger partial charge < -0.3 is 20.1 Å². The molecular formula is C17H30N2O2. The molecule has 2 N–H and O–H groups in total. The normalized spacial score (nSPS) is 12.6. The highest BCUT2D eigenvalue weighted by molar-refractivity contribution is 5.41. The number of hydrogen-bond donors (Lipinski definition) is 2. The molecule has 0 fully saturated rings. The van der Waals surface area contributed by atoms with Crippen LogP contribution in [0.4, 0.5) is 0 Å². The smallest absolute Gasteiger partial charge is 0.160 e. The number of hydrogen-bond acceptors (Lipinski definition) is 4. The Morgan fingerprint density at radius 3 is 2.57 bits per heavy atom. The summed E-state index contributed by atoms with van der Waals surface area (Å²) >= 11 is 0. The number of methoxy groups -OCH3 is 1. The van der Waals surface area contributed by atoms with Gasteiger partial charge in [-0.15, -0.1) is 0 Å². The van der Waals surface area contributed by atoms with Crippen LogP contribution in [-0.2, 0) is 6.54 Å². The fraction of sp³-hybridized carbons (Fsp3) is 0.647. The lowest BCUT2D eigenvalue weighted by Crippen LogP contribution is -2.28. The molecule has 4 heteroatoms. The Labute approximate surface area is 129 Å². The van der Waals surface area contributed by atoms with E-state index in [9.17, 15) is 5.11 Å². The molecule has 0 bridgehead atoms. The highest BCUT2D eigenvalue weighted by Crippen LogP contribution is 2.26. The van der Waals surface area contributed by atoms with Crippen molar-refractivity contribution in [3.8, 4) is 11.5 Å². The van der Waals surface area contributed by atoms with Crippen LogP contribution in [0.25, 0.3) is 0 Å². The maximum atomic E-state index is 9.76. The summed E-state index contributed by atoms with van der Waals surface area (Å²) in [7, 11) is 1.56. The number of nitrogens with zero attached hydrogens (tertiary/aromatic N) is 1. The molecule has 1 atom stereocenters. The fourth-order valence-electron chi connectivity index (χ4n) is 2.40. The maximum absolute atomic E-state index is 9.76. The first-order chi connectivity index (χ1) is 10.1. The number of phenols is 1. The molecule has 0 aliphatic rings. The number of benzene rings is 1. The minimum atomic E-state index is 0.200. The van der Waals surface area contributed by atoms with Gasteiger partial charge in [-0.25, -0.2) is 0 Å². The number of aromatic hydroxyl groups is 1. The summed E-state index contributed by atoms with van der Waals surface area (Å²) in [6.45, 7) is 10.8. The van der Waals surface area contributed by atoms with Crippen LogP contribution in [0.15, 0.2) is 18.2 Å². The molecule has 0 radical (unpaired) electrons. The standard InChI is InChI=1S/C17H30N2O2/c1-5-19(6-2)11-7-8-14(3)18-13-15-9-10-17(21-4)16(20)12-15/h9-10,12,14,18,20H,5-8,11,13H2,1-4H3. The molecule has 1 rings (SSSR count). The lowest BCUT2D eigenvalue weighted by Gasteiger charge is -2.20. The van der Waals surface area contributed by atoms with Crippen LogP contribution in [-0.4, -0.2) is 42.8 Å². The molecule has 0 amide bonds. The van der Waals surface area contributed by atoms with E-state index in [-0.39, 0.29) is 5.75 Å². The van der Waals surface area contributed by atoms with Gasteiger partial charge in [-0.3, -0.25) is 0 Å². The summed E-state index contributed by atoms with van der Waals surface area (Å²) in [6.07, 6.45) is 2.38. The molecule has 1 aromatic carbocycles. The van der Waals surface area contributed by atoms with Gasteiger partial charge in [0.1, 0.15) is 0 Å². The highest BCUT2D eigenvalue weighted by Gasteiger charge is 2.06. The Kier molecular flexibility index (Phi) is 8.16. The molecule has 0 aromatic heterocycles. The van der Waals surface area contributed by atoms with Crippen molar-refractivity contribution >= 4 is 0 Å². The van der Waals surface area contributed by atoms with Gasteiger partial charge in [0, 0.05) is 12.6 Å². The van der Waals surface area contributed by atoms with Crippen LogP contribution in [0.3, 0.4) is 0 Å². The molecule has 0 saturated carbocycles. The number of rotatable bonds is 10. The summed E-state index contributed by atoms with van der Waals surface area (Å²) < 4.78 is 5.05. The first-order valence-corrected chi connectivity index (χ1v) is 7.92. The quantitative estimate of drug-likeness (QED) is 0.696. The number of ether oxygens (including phenoxy) is 1. The van der Waals surface area contributed by atoms with E-state index in [0.29, 0.717) is 11.8 Å². The summed E-state index contributed by atoms with van der Waals surface area (Å²) in [5.74, 6) is 0.719. The van der Waals surface area contributed by atoms with E-state index in [2.05, 4.69) is 31.0 Å². The van der Waals surface area contributed by atoms with Gasteiger partial charge in [0.15, 0.2) is 11.5 Å².